The van der Waals surface area contributed by atoms with E-state index in [0.717, 1.165) is 5.69 Å². The molecular weight excluding hydrogens is 356 g/mol. The van der Waals surface area contributed by atoms with Crippen molar-refractivity contribution in [1.29, 1.82) is 0 Å². The summed E-state index contributed by atoms with van der Waals surface area (Å²) in [6.07, 6.45) is 0. The molecule has 1 aromatic rings. The van der Waals surface area contributed by atoms with Crippen molar-refractivity contribution in [2.45, 2.75) is 44.9 Å². The van der Waals surface area contributed by atoms with Crippen LogP contribution in [0.5, 0.6) is 0 Å². The fourth-order valence-corrected chi connectivity index (χ4v) is 7.03. The molecule has 3 rings (SSSR count). The zero-order valence-corrected chi connectivity index (χ0v) is 16.6. The largest absolute Gasteiger partial charge is 0.316 e. The van der Waals surface area contributed by atoms with Crippen LogP contribution in [0.25, 0.3) is 0 Å². The number of sulfone groups is 1. The first-order valence-electron chi connectivity index (χ1n) is 8.57. The minimum Gasteiger partial charge on any atom is -0.316 e. The van der Waals surface area contributed by atoms with E-state index < -0.39 is 9.84 Å². The number of nitrogens with zero attached hydrogens (tertiary/aromatic N) is 2. The van der Waals surface area contributed by atoms with Crippen LogP contribution < -0.4 is 4.90 Å². The highest BCUT2D eigenvalue weighted by molar-refractivity contribution is 8.16. The number of amidine groups is 1. The van der Waals surface area contributed by atoms with Crippen LogP contribution in [0.1, 0.15) is 39.2 Å². The highest BCUT2D eigenvalue weighted by Gasteiger charge is 2.49. The third kappa shape index (κ3) is 3.77. The molecule has 2 atom stereocenters. The average molecular weight is 381 g/mol. The van der Waals surface area contributed by atoms with Gasteiger partial charge in [-0.05, 0) is 23.6 Å². The van der Waals surface area contributed by atoms with Crippen molar-refractivity contribution in [3.63, 3.8) is 0 Å². The van der Waals surface area contributed by atoms with Crippen molar-refractivity contribution in [3.8, 4) is 0 Å². The van der Waals surface area contributed by atoms with Crippen molar-refractivity contribution < 1.29 is 13.2 Å². The predicted octanol–water partition coefficient (Wildman–Crippen LogP) is 3.07. The summed E-state index contributed by atoms with van der Waals surface area (Å²) in [5.41, 5.74) is 2.12. The van der Waals surface area contributed by atoms with Gasteiger partial charge in [0.15, 0.2) is 15.0 Å². The van der Waals surface area contributed by atoms with Crippen LogP contribution in [0.4, 0.5) is 5.69 Å². The number of hydrogen-bond donors (Lipinski definition) is 0. The van der Waals surface area contributed by atoms with E-state index >= 15 is 0 Å². The molecule has 2 fully saturated rings. The fourth-order valence-electron chi connectivity index (χ4n) is 3.11. The molecule has 2 saturated heterocycles. The predicted molar refractivity (Wildman–Crippen MR) is 104 cm³/mol. The number of amides is 1. The Morgan fingerprint density at radius 1 is 1.16 bits per heavy atom. The summed E-state index contributed by atoms with van der Waals surface area (Å²) in [6, 6.07) is 7.96. The fraction of sp³-hybridized carbons (Fsp3) is 0.556. The first kappa shape index (κ1) is 18.5. The molecule has 2 heterocycles. The molecular formula is C18H24N2O3S2. The summed E-state index contributed by atoms with van der Waals surface area (Å²) in [5.74, 6) is 0.345. The highest BCUT2D eigenvalue weighted by Crippen LogP contribution is 2.41. The highest BCUT2D eigenvalue weighted by atomic mass is 32.2. The van der Waals surface area contributed by atoms with Crippen molar-refractivity contribution in [1.82, 2.24) is 0 Å². The van der Waals surface area contributed by atoms with Gasteiger partial charge in [0.05, 0.1) is 17.5 Å². The number of aliphatic imine (C=N–C) groups is 1. The van der Waals surface area contributed by atoms with Gasteiger partial charge in [0, 0.05) is 16.9 Å². The first-order valence-corrected chi connectivity index (χ1v) is 11.3. The van der Waals surface area contributed by atoms with E-state index in [1.807, 2.05) is 30.9 Å². The van der Waals surface area contributed by atoms with Crippen molar-refractivity contribution >= 4 is 38.4 Å². The van der Waals surface area contributed by atoms with Crippen LogP contribution in [0, 0.1) is 5.92 Å². The molecule has 7 heteroatoms. The Morgan fingerprint density at radius 2 is 1.80 bits per heavy atom. The Balaban J connectivity index is 1.98. The van der Waals surface area contributed by atoms with Gasteiger partial charge in [-0.3, -0.25) is 4.79 Å². The third-order valence-electron chi connectivity index (χ3n) is 4.60. The molecule has 25 heavy (non-hydrogen) atoms. The summed E-state index contributed by atoms with van der Waals surface area (Å²) in [5, 5.41) is 0.564. The lowest BCUT2D eigenvalue weighted by atomic mass is 10.0. The molecule has 0 saturated carbocycles. The van der Waals surface area contributed by atoms with Crippen LogP contribution in [-0.4, -0.2) is 42.3 Å². The Labute approximate surface area is 153 Å². The molecule has 0 N–H and O–H groups in total. The summed E-state index contributed by atoms with van der Waals surface area (Å²) in [4.78, 5) is 18.4. The van der Waals surface area contributed by atoms with Crippen molar-refractivity contribution in [2.75, 3.05) is 16.4 Å². The summed E-state index contributed by atoms with van der Waals surface area (Å²) >= 11 is 1.42. The second kappa shape index (κ2) is 6.76. The van der Waals surface area contributed by atoms with Gasteiger partial charge in [0.2, 0.25) is 0 Å². The van der Waals surface area contributed by atoms with Crippen LogP contribution in [0.15, 0.2) is 29.3 Å². The molecule has 0 spiro atoms. The maximum Gasteiger partial charge on any atom is 0.250 e. The molecule has 2 aliphatic heterocycles. The van der Waals surface area contributed by atoms with Gasteiger partial charge >= 0.3 is 0 Å². The Kier molecular flexibility index (Phi) is 4.99. The molecule has 0 aliphatic carbocycles. The topological polar surface area (TPSA) is 66.8 Å². The lowest BCUT2D eigenvalue weighted by Crippen LogP contribution is -2.37. The zero-order chi connectivity index (χ0) is 18.4. The standard InChI is InChI=1S/C18H24N2O3S2/c1-11(2)13-5-7-14(8-6-13)20-15-9-25(22,23)10-16(15)24-18(20)19-17(21)12(3)4/h5-8,11-12,15-16H,9-10H2,1-4H3/t15-,16-/m1/s1. The number of carbonyl (C=O) groups is 1. The van der Waals surface area contributed by atoms with Crippen LogP contribution in [-0.2, 0) is 14.6 Å². The van der Waals surface area contributed by atoms with E-state index in [4.69, 9.17) is 0 Å². The molecule has 1 aromatic carbocycles. The first-order chi connectivity index (χ1) is 11.7. The number of thioether (sulfide) groups is 1. The van der Waals surface area contributed by atoms with Crippen LogP contribution in [0.3, 0.4) is 0 Å². The molecule has 1 amide bonds. The number of rotatable bonds is 3. The van der Waals surface area contributed by atoms with E-state index in [-0.39, 0.29) is 34.6 Å². The molecule has 0 unspecified atom stereocenters. The number of anilines is 1. The smallest absolute Gasteiger partial charge is 0.250 e. The van der Waals surface area contributed by atoms with E-state index in [0.29, 0.717) is 11.1 Å². The zero-order valence-electron chi connectivity index (χ0n) is 15.0. The van der Waals surface area contributed by atoms with Crippen LogP contribution >= 0.6 is 11.8 Å². The Bertz CT molecular complexity index is 798. The second-order valence-electron chi connectivity index (χ2n) is 7.30. The van der Waals surface area contributed by atoms with Gasteiger partial charge in [-0.25, -0.2) is 8.42 Å². The molecule has 136 valence electrons. The molecule has 0 aromatic heterocycles. The minimum absolute atomic E-state index is 0.0616. The second-order valence-corrected chi connectivity index (χ2v) is 10.7. The van der Waals surface area contributed by atoms with Crippen molar-refractivity contribution in [2.24, 2.45) is 10.9 Å². The molecule has 0 bridgehead atoms. The summed E-state index contributed by atoms with van der Waals surface area (Å²) in [7, 11) is -3.04. The minimum atomic E-state index is -3.04. The van der Waals surface area contributed by atoms with Gasteiger partial charge < -0.3 is 4.90 Å². The molecule has 2 aliphatic rings. The van der Waals surface area contributed by atoms with Crippen molar-refractivity contribution in [3.05, 3.63) is 29.8 Å². The number of hydrogen-bond acceptors (Lipinski definition) is 4. The van der Waals surface area contributed by atoms with E-state index in [1.165, 1.54) is 17.3 Å². The number of carbonyl (C=O) groups excluding carboxylic acids is 1. The van der Waals surface area contributed by atoms with Gasteiger partial charge in [0.25, 0.3) is 5.91 Å². The monoisotopic (exact) mass is 380 g/mol. The summed E-state index contributed by atoms with van der Waals surface area (Å²) < 4.78 is 24.1. The molecule has 0 radical (unpaired) electrons. The number of benzene rings is 1. The Hall–Kier alpha value is -1.34. The number of fused-ring (bicyclic) bond motifs is 1. The Morgan fingerprint density at radius 3 is 2.36 bits per heavy atom. The lowest BCUT2D eigenvalue weighted by molar-refractivity contribution is -0.120. The quantitative estimate of drug-likeness (QED) is 0.806. The van der Waals surface area contributed by atoms with E-state index in [1.54, 1.807) is 0 Å². The lowest BCUT2D eigenvalue weighted by Gasteiger charge is -2.25. The van der Waals surface area contributed by atoms with E-state index in [2.05, 4.69) is 31.0 Å². The van der Waals surface area contributed by atoms with Gasteiger partial charge in [0.1, 0.15) is 0 Å². The SMILES string of the molecule is CC(C)C(=O)N=C1S[C@@H]2CS(=O)(=O)C[C@H]2N1c1ccc(C(C)C)cc1. The van der Waals surface area contributed by atoms with Gasteiger partial charge in [-0.1, -0.05) is 51.6 Å². The third-order valence-corrected chi connectivity index (χ3v) is 7.81. The van der Waals surface area contributed by atoms with Gasteiger partial charge in [-0.2, -0.15) is 4.99 Å². The van der Waals surface area contributed by atoms with Gasteiger partial charge in [-0.15, -0.1) is 0 Å². The summed E-state index contributed by atoms with van der Waals surface area (Å²) in [6.45, 7) is 7.90. The van der Waals surface area contributed by atoms with Crippen LogP contribution in [0.2, 0.25) is 0 Å². The average Bonchev–Trinajstić information content (AvgIpc) is 2.98. The maximum atomic E-state index is 12.1. The van der Waals surface area contributed by atoms with E-state index in [9.17, 15) is 13.2 Å². The maximum absolute atomic E-state index is 12.1. The normalized spacial score (nSPS) is 26.6. The molecule has 5 nitrogen and oxygen atoms in total.